The van der Waals surface area contributed by atoms with Crippen LogP contribution in [0.25, 0.3) is 0 Å². The SMILES string of the molecule is CC(C)c1ccc([C@@H]2OC[C@H]3O[C@@H]4C(C(=O)O)[C@@H]4[C@@H](O)[C@@H]3O2)cc1. The van der Waals surface area contributed by atoms with Gasteiger partial charge in [-0.15, -0.1) is 0 Å². The lowest BCUT2D eigenvalue weighted by Gasteiger charge is -2.41. The van der Waals surface area contributed by atoms with Gasteiger partial charge in [0.15, 0.2) is 6.29 Å². The van der Waals surface area contributed by atoms with Gasteiger partial charge < -0.3 is 24.4 Å². The molecule has 1 aromatic rings. The summed E-state index contributed by atoms with van der Waals surface area (Å²) in [4.78, 5) is 11.2. The van der Waals surface area contributed by atoms with Crippen molar-refractivity contribution in [3.05, 3.63) is 35.4 Å². The smallest absolute Gasteiger partial charge is 0.309 e. The predicted octanol–water partition coefficient (Wildman–Crippen LogP) is 1.68. The van der Waals surface area contributed by atoms with Crippen molar-refractivity contribution >= 4 is 5.97 Å². The van der Waals surface area contributed by atoms with E-state index in [9.17, 15) is 15.0 Å². The number of aliphatic hydroxyl groups is 1. The molecule has 0 radical (unpaired) electrons. The Bertz CT molecular complexity index is 627. The Morgan fingerprint density at radius 1 is 1.17 bits per heavy atom. The van der Waals surface area contributed by atoms with E-state index in [1.54, 1.807) is 0 Å². The number of hydrogen-bond acceptors (Lipinski definition) is 5. The van der Waals surface area contributed by atoms with Crippen LogP contribution in [0.4, 0.5) is 0 Å². The quantitative estimate of drug-likeness (QED) is 0.875. The molecule has 0 amide bonds. The number of fused-ring (bicyclic) bond motifs is 2. The van der Waals surface area contributed by atoms with E-state index in [1.807, 2.05) is 24.3 Å². The van der Waals surface area contributed by atoms with E-state index in [-0.39, 0.29) is 12.5 Å². The number of rotatable bonds is 3. The third-order valence-corrected chi connectivity index (χ3v) is 5.29. The molecule has 0 spiro atoms. The minimum absolute atomic E-state index is 0.286. The van der Waals surface area contributed by atoms with Gasteiger partial charge >= 0.3 is 5.97 Å². The summed E-state index contributed by atoms with van der Waals surface area (Å²) in [6.45, 7) is 4.55. The van der Waals surface area contributed by atoms with E-state index >= 15 is 0 Å². The summed E-state index contributed by atoms with van der Waals surface area (Å²) >= 11 is 0. The van der Waals surface area contributed by atoms with Crippen molar-refractivity contribution in [1.29, 1.82) is 0 Å². The van der Waals surface area contributed by atoms with Gasteiger partial charge in [0, 0.05) is 11.5 Å². The van der Waals surface area contributed by atoms with Crippen molar-refractivity contribution in [3.8, 4) is 0 Å². The van der Waals surface area contributed by atoms with Crippen LogP contribution in [0, 0.1) is 11.8 Å². The summed E-state index contributed by atoms with van der Waals surface area (Å²) in [6, 6.07) is 8.03. The van der Waals surface area contributed by atoms with Gasteiger partial charge in [0.2, 0.25) is 0 Å². The molecule has 3 fully saturated rings. The molecule has 7 atom stereocenters. The van der Waals surface area contributed by atoms with Gasteiger partial charge in [0.1, 0.15) is 12.2 Å². The number of hydrogen-bond donors (Lipinski definition) is 2. The third kappa shape index (κ3) is 2.54. The number of carbonyl (C=O) groups is 1. The predicted molar refractivity (Wildman–Crippen MR) is 83.4 cm³/mol. The second-order valence-corrected chi connectivity index (χ2v) is 7.16. The molecular formula is C18H22O6. The molecule has 130 valence electrons. The van der Waals surface area contributed by atoms with Gasteiger partial charge in [-0.3, -0.25) is 4.79 Å². The Kier molecular flexibility index (Phi) is 3.88. The number of aliphatic hydroxyl groups excluding tert-OH is 1. The molecular weight excluding hydrogens is 312 g/mol. The summed E-state index contributed by atoms with van der Waals surface area (Å²) in [7, 11) is 0. The van der Waals surface area contributed by atoms with Crippen LogP contribution in [0.3, 0.4) is 0 Å². The lowest BCUT2D eigenvalue weighted by molar-refractivity contribution is -0.300. The first-order valence-corrected chi connectivity index (χ1v) is 8.40. The highest BCUT2D eigenvalue weighted by atomic mass is 16.7. The fourth-order valence-electron chi connectivity index (χ4n) is 3.79. The Morgan fingerprint density at radius 2 is 1.88 bits per heavy atom. The van der Waals surface area contributed by atoms with E-state index in [4.69, 9.17) is 14.2 Å². The molecule has 6 heteroatoms. The van der Waals surface area contributed by atoms with Crippen LogP contribution in [-0.4, -0.2) is 47.2 Å². The topological polar surface area (TPSA) is 85.2 Å². The van der Waals surface area contributed by atoms with E-state index in [2.05, 4.69) is 13.8 Å². The van der Waals surface area contributed by atoms with Crippen LogP contribution in [0.2, 0.25) is 0 Å². The molecule has 2 heterocycles. The van der Waals surface area contributed by atoms with E-state index < -0.39 is 42.6 Å². The number of benzene rings is 1. The second kappa shape index (κ2) is 5.81. The summed E-state index contributed by atoms with van der Waals surface area (Å²) < 4.78 is 17.4. The van der Waals surface area contributed by atoms with Gasteiger partial charge in [-0.25, -0.2) is 0 Å². The molecule has 24 heavy (non-hydrogen) atoms. The van der Waals surface area contributed by atoms with E-state index in [1.165, 1.54) is 5.56 Å². The maximum atomic E-state index is 11.2. The number of aliphatic carboxylic acids is 1. The maximum Gasteiger partial charge on any atom is 0.309 e. The first-order valence-electron chi connectivity index (χ1n) is 8.40. The van der Waals surface area contributed by atoms with Crippen molar-refractivity contribution in [2.75, 3.05) is 6.61 Å². The molecule has 2 saturated heterocycles. The molecule has 3 aliphatic rings. The average Bonchev–Trinajstić information content (AvgIpc) is 3.30. The lowest BCUT2D eigenvalue weighted by atomic mass is 9.98. The van der Waals surface area contributed by atoms with E-state index in [0.29, 0.717) is 5.92 Å². The Hall–Kier alpha value is -1.47. The van der Waals surface area contributed by atoms with Crippen molar-refractivity contribution in [2.45, 2.75) is 50.5 Å². The zero-order valence-electron chi connectivity index (χ0n) is 13.7. The molecule has 1 aromatic carbocycles. The Morgan fingerprint density at radius 3 is 2.50 bits per heavy atom. The largest absolute Gasteiger partial charge is 0.481 e. The van der Waals surface area contributed by atoms with Crippen molar-refractivity contribution < 1.29 is 29.2 Å². The molecule has 4 rings (SSSR count). The zero-order chi connectivity index (χ0) is 17.0. The number of ether oxygens (including phenoxy) is 3. The first kappa shape index (κ1) is 16.0. The van der Waals surface area contributed by atoms with Crippen LogP contribution in [0.5, 0.6) is 0 Å². The molecule has 1 saturated carbocycles. The average molecular weight is 334 g/mol. The highest BCUT2D eigenvalue weighted by molar-refractivity contribution is 5.75. The van der Waals surface area contributed by atoms with Gasteiger partial charge in [-0.05, 0) is 11.5 Å². The summed E-state index contributed by atoms with van der Waals surface area (Å²) in [5, 5.41) is 19.7. The van der Waals surface area contributed by atoms with Crippen LogP contribution < -0.4 is 0 Å². The number of carboxylic acid groups (broad SMARTS) is 1. The minimum atomic E-state index is -0.926. The molecule has 1 aliphatic carbocycles. The normalized spacial score (nSPS) is 40.8. The van der Waals surface area contributed by atoms with Gasteiger partial charge in [0.25, 0.3) is 0 Å². The van der Waals surface area contributed by atoms with E-state index in [0.717, 1.165) is 5.56 Å². The highest BCUT2D eigenvalue weighted by Crippen LogP contribution is 2.52. The Balaban J connectivity index is 1.48. The van der Waals surface area contributed by atoms with Gasteiger partial charge in [0.05, 0.1) is 24.7 Å². The van der Waals surface area contributed by atoms with Crippen molar-refractivity contribution in [2.24, 2.45) is 11.8 Å². The van der Waals surface area contributed by atoms with Crippen LogP contribution in [0.1, 0.15) is 37.2 Å². The fraction of sp³-hybridized carbons (Fsp3) is 0.611. The standard InChI is InChI=1S/C18H22O6/c1-8(2)9-3-5-10(6-4-9)18-22-7-11-15(24-18)14(19)12-13(17(20)21)16(12)23-11/h3-6,8,11-16,18-19H,7H2,1-2H3,(H,20,21)/t11-,12-,13?,14-,15-,16+,18-/m1/s1. The lowest BCUT2D eigenvalue weighted by Crippen LogP contribution is -2.53. The Labute approximate surface area is 140 Å². The third-order valence-electron chi connectivity index (χ3n) is 5.29. The first-order chi connectivity index (χ1) is 11.5. The minimum Gasteiger partial charge on any atom is -0.481 e. The van der Waals surface area contributed by atoms with Crippen molar-refractivity contribution in [1.82, 2.24) is 0 Å². The van der Waals surface area contributed by atoms with Crippen LogP contribution in [0.15, 0.2) is 24.3 Å². The molecule has 6 nitrogen and oxygen atoms in total. The highest BCUT2D eigenvalue weighted by Gasteiger charge is 2.67. The van der Waals surface area contributed by atoms with Crippen molar-refractivity contribution in [3.63, 3.8) is 0 Å². The van der Waals surface area contributed by atoms with Gasteiger partial charge in [-0.2, -0.15) is 0 Å². The fourth-order valence-corrected chi connectivity index (χ4v) is 3.79. The zero-order valence-corrected chi connectivity index (χ0v) is 13.7. The molecule has 2 aliphatic heterocycles. The summed E-state index contributed by atoms with van der Waals surface area (Å²) in [5.41, 5.74) is 2.12. The maximum absolute atomic E-state index is 11.2. The van der Waals surface area contributed by atoms with Crippen LogP contribution in [-0.2, 0) is 19.0 Å². The van der Waals surface area contributed by atoms with Gasteiger partial charge in [-0.1, -0.05) is 38.1 Å². The summed E-state index contributed by atoms with van der Waals surface area (Å²) in [5.74, 6) is -1.50. The number of carboxylic acids is 1. The van der Waals surface area contributed by atoms with Crippen LogP contribution >= 0.6 is 0 Å². The molecule has 0 bridgehead atoms. The monoisotopic (exact) mass is 334 g/mol. The second-order valence-electron chi connectivity index (χ2n) is 7.16. The molecule has 1 unspecified atom stereocenters. The summed E-state index contributed by atoms with van der Waals surface area (Å²) in [6.07, 6.45) is -2.80. The molecule has 0 aromatic heterocycles. The molecule has 2 N–H and O–H groups in total.